The van der Waals surface area contributed by atoms with Gasteiger partial charge >= 0.3 is 0 Å². The summed E-state index contributed by atoms with van der Waals surface area (Å²) in [4.78, 5) is 2.42. The molecule has 0 aliphatic heterocycles. The van der Waals surface area contributed by atoms with Crippen LogP contribution in [0.2, 0.25) is 0 Å². The number of azide groups is 1. The monoisotopic (exact) mass is 175 g/mol. The molecular formula is C6H13N3O3. The summed E-state index contributed by atoms with van der Waals surface area (Å²) in [6.07, 6.45) is 0. The highest BCUT2D eigenvalue weighted by Crippen LogP contribution is 2.06. The van der Waals surface area contributed by atoms with Crippen molar-refractivity contribution in [2.24, 2.45) is 5.11 Å². The second-order valence-corrected chi connectivity index (χ2v) is 2.17. The van der Waals surface area contributed by atoms with E-state index in [-0.39, 0.29) is 6.61 Å². The van der Waals surface area contributed by atoms with Crippen LogP contribution >= 0.6 is 0 Å². The molecule has 0 heterocycles. The standard InChI is InChI=1S/C6H13N3O3/c1-3-11-4-5-12-6(2,10)8-9-7/h10H,3-5H2,1-2H3. The van der Waals surface area contributed by atoms with Gasteiger partial charge in [-0.05, 0) is 24.5 Å². The molecule has 1 atom stereocenters. The Labute approximate surface area is 70.7 Å². The Morgan fingerprint density at radius 1 is 1.58 bits per heavy atom. The highest BCUT2D eigenvalue weighted by Gasteiger charge is 2.17. The predicted molar refractivity (Wildman–Crippen MR) is 42.2 cm³/mol. The summed E-state index contributed by atoms with van der Waals surface area (Å²) in [5.74, 6) is -1.77. The number of hydrogen-bond donors (Lipinski definition) is 1. The van der Waals surface area contributed by atoms with Gasteiger partial charge in [0.25, 0.3) is 0 Å². The molecule has 0 fully saturated rings. The maximum atomic E-state index is 9.12. The van der Waals surface area contributed by atoms with Crippen LogP contribution in [0, 0.1) is 0 Å². The van der Waals surface area contributed by atoms with Crippen LogP contribution < -0.4 is 0 Å². The smallest absolute Gasteiger partial charge is 0.243 e. The molecule has 0 radical (unpaired) electrons. The lowest BCUT2D eigenvalue weighted by molar-refractivity contribution is -0.191. The summed E-state index contributed by atoms with van der Waals surface area (Å²) < 4.78 is 9.72. The van der Waals surface area contributed by atoms with Gasteiger partial charge in [0.2, 0.25) is 5.91 Å². The Balaban J connectivity index is 3.54. The van der Waals surface area contributed by atoms with E-state index in [9.17, 15) is 0 Å². The predicted octanol–water partition coefficient (Wildman–Crippen LogP) is 1.02. The third kappa shape index (κ3) is 5.94. The summed E-state index contributed by atoms with van der Waals surface area (Å²) in [6, 6.07) is 0. The summed E-state index contributed by atoms with van der Waals surface area (Å²) in [7, 11) is 0. The Morgan fingerprint density at radius 2 is 2.25 bits per heavy atom. The topological polar surface area (TPSA) is 87.5 Å². The molecule has 1 N–H and O–H groups in total. The second kappa shape index (κ2) is 5.79. The number of hydrogen-bond acceptors (Lipinski definition) is 4. The molecule has 6 heteroatoms. The van der Waals surface area contributed by atoms with Gasteiger partial charge < -0.3 is 14.6 Å². The molecule has 0 saturated heterocycles. The van der Waals surface area contributed by atoms with Gasteiger partial charge in [-0.3, -0.25) is 0 Å². The third-order valence-corrected chi connectivity index (χ3v) is 1.04. The quantitative estimate of drug-likeness (QED) is 0.215. The van der Waals surface area contributed by atoms with Gasteiger partial charge in [-0.25, -0.2) is 0 Å². The van der Waals surface area contributed by atoms with Crippen LogP contribution in [0.15, 0.2) is 5.11 Å². The molecule has 0 bridgehead atoms. The van der Waals surface area contributed by atoms with Crippen LogP contribution in [-0.4, -0.2) is 30.8 Å². The van der Waals surface area contributed by atoms with Crippen LogP contribution in [0.25, 0.3) is 10.4 Å². The van der Waals surface area contributed by atoms with E-state index in [1.54, 1.807) is 0 Å². The van der Waals surface area contributed by atoms with Crippen molar-refractivity contribution >= 4 is 0 Å². The molecule has 1 unspecified atom stereocenters. The van der Waals surface area contributed by atoms with E-state index in [1.807, 2.05) is 6.92 Å². The first-order valence-electron chi connectivity index (χ1n) is 3.62. The zero-order valence-corrected chi connectivity index (χ0v) is 7.23. The summed E-state index contributed by atoms with van der Waals surface area (Å²) in [5, 5.41) is 12.1. The molecule has 0 aromatic carbocycles. The lowest BCUT2D eigenvalue weighted by atomic mass is 10.6. The van der Waals surface area contributed by atoms with Crippen LogP contribution in [-0.2, 0) is 9.47 Å². The summed E-state index contributed by atoms with van der Waals surface area (Å²) >= 11 is 0. The van der Waals surface area contributed by atoms with E-state index in [1.165, 1.54) is 6.92 Å². The van der Waals surface area contributed by atoms with Crippen molar-refractivity contribution in [2.75, 3.05) is 19.8 Å². The zero-order chi connectivity index (χ0) is 9.45. The van der Waals surface area contributed by atoms with Crippen molar-refractivity contribution < 1.29 is 14.6 Å². The van der Waals surface area contributed by atoms with Gasteiger partial charge in [0.05, 0.1) is 13.2 Å². The van der Waals surface area contributed by atoms with Gasteiger partial charge in [-0.1, -0.05) is 0 Å². The molecule has 0 rings (SSSR count). The van der Waals surface area contributed by atoms with E-state index in [0.29, 0.717) is 13.2 Å². The van der Waals surface area contributed by atoms with Crippen molar-refractivity contribution in [3.63, 3.8) is 0 Å². The average Bonchev–Trinajstić information content (AvgIpc) is 1.98. The average molecular weight is 175 g/mol. The van der Waals surface area contributed by atoms with Gasteiger partial charge in [0, 0.05) is 11.5 Å². The van der Waals surface area contributed by atoms with Crippen molar-refractivity contribution in [3.05, 3.63) is 10.4 Å². The molecule has 6 nitrogen and oxygen atoms in total. The lowest BCUT2D eigenvalue weighted by Crippen LogP contribution is -2.26. The van der Waals surface area contributed by atoms with E-state index >= 15 is 0 Å². The number of ether oxygens (including phenoxy) is 2. The summed E-state index contributed by atoms with van der Waals surface area (Å²) in [6.45, 7) is 4.27. The Hall–Kier alpha value is -0.810. The normalized spacial score (nSPS) is 14.9. The lowest BCUT2D eigenvalue weighted by Gasteiger charge is -2.16. The molecule has 0 aliphatic rings. The first kappa shape index (κ1) is 11.2. The molecule has 0 aromatic rings. The van der Waals surface area contributed by atoms with Crippen molar-refractivity contribution in [2.45, 2.75) is 19.8 Å². The van der Waals surface area contributed by atoms with Crippen LogP contribution in [0.3, 0.4) is 0 Å². The first-order valence-corrected chi connectivity index (χ1v) is 3.62. The fraction of sp³-hybridized carbons (Fsp3) is 1.00. The molecule has 0 saturated carbocycles. The molecule has 0 aliphatic carbocycles. The minimum atomic E-state index is -1.77. The minimum absolute atomic E-state index is 0.194. The van der Waals surface area contributed by atoms with Crippen LogP contribution in [0.1, 0.15) is 13.8 Å². The van der Waals surface area contributed by atoms with E-state index < -0.39 is 5.91 Å². The van der Waals surface area contributed by atoms with Gasteiger partial charge in [-0.2, -0.15) is 0 Å². The number of rotatable bonds is 6. The Kier molecular flexibility index (Phi) is 5.40. The zero-order valence-electron chi connectivity index (χ0n) is 7.23. The Bertz CT molecular complexity index is 165. The highest BCUT2D eigenvalue weighted by molar-refractivity contribution is 4.56. The SMILES string of the molecule is CCOCCOC(C)(O)N=[N+]=[N-]. The van der Waals surface area contributed by atoms with Gasteiger partial charge in [-0.15, -0.1) is 0 Å². The molecule has 0 amide bonds. The minimum Gasteiger partial charge on any atom is -0.379 e. The molecular weight excluding hydrogens is 162 g/mol. The third-order valence-electron chi connectivity index (χ3n) is 1.04. The van der Waals surface area contributed by atoms with E-state index in [2.05, 4.69) is 10.0 Å². The van der Waals surface area contributed by atoms with E-state index in [0.717, 1.165) is 0 Å². The highest BCUT2D eigenvalue weighted by atomic mass is 16.6. The van der Waals surface area contributed by atoms with Gasteiger partial charge in [0.15, 0.2) is 0 Å². The van der Waals surface area contributed by atoms with Crippen LogP contribution in [0.4, 0.5) is 0 Å². The second-order valence-electron chi connectivity index (χ2n) is 2.17. The molecule has 12 heavy (non-hydrogen) atoms. The number of nitrogens with zero attached hydrogens (tertiary/aromatic N) is 3. The Morgan fingerprint density at radius 3 is 2.75 bits per heavy atom. The summed E-state index contributed by atoms with van der Waals surface area (Å²) in [5.41, 5.74) is 7.99. The van der Waals surface area contributed by atoms with Crippen molar-refractivity contribution in [1.82, 2.24) is 0 Å². The molecule has 70 valence electrons. The van der Waals surface area contributed by atoms with Crippen molar-refractivity contribution in [3.8, 4) is 0 Å². The fourth-order valence-electron chi connectivity index (χ4n) is 0.550. The van der Waals surface area contributed by atoms with Crippen LogP contribution in [0.5, 0.6) is 0 Å². The van der Waals surface area contributed by atoms with E-state index in [4.69, 9.17) is 20.1 Å². The molecule has 0 spiro atoms. The first-order chi connectivity index (χ1) is 5.62. The largest absolute Gasteiger partial charge is 0.379 e. The fourth-order valence-corrected chi connectivity index (χ4v) is 0.550. The maximum Gasteiger partial charge on any atom is 0.243 e. The maximum absolute atomic E-state index is 9.12. The van der Waals surface area contributed by atoms with Crippen molar-refractivity contribution in [1.29, 1.82) is 0 Å². The number of aliphatic hydroxyl groups is 1. The molecule has 0 aromatic heterocycles. The van der Waals surface area contributed by atoms with Gasteiger partial charge in [0.1, 0.15) is 0 Å².